The molecule has 1 saturated heterocycles. The molecule has 0 radical (unpaired) electrons. The Kier molecular flexibility index (Phi) is 12.5. The van der Waals surface area contributed by atoms with Crippen molar-refractivity contribution >= 4 is 29.9 Å². The molecule has 2 N–H and O–H groups in total. The Bertz CT molecular complexity index is 279. The SMILES string of the molecule is CCNC(=NCCC1CCCO1)NC(C)CCC(C)C.I. The maximum absolute atomic E-state index is 5.63. The fourth-order valence-electron chi connectivity index (χ4n) is 2.40. The first-order chi connectivity index (χ1) is 9.61. The third kappa shape index (κ3) is 10.3. The molecule has 0 aliphatic carbocycles. The molecule has 0 bridgehead atoms. The van der Waals surface area contributed by atoms with Gasteiger partial charge in [-0.3, -0.25) is 4.99 Å². The van der Waals surface area contributed by atoms with Gasteiger partial charge in [0.2, 0.25) is 0 Å². The molecule has 4 nitrogen and oxygen atoms in total. The molecule has 1 aliphatic heterocycles. The Labute approximate surface area is 147 Å². The van der Waals surface area contributed by atoms with Crippen molar-refractivity contribution in [2.75, 3.05) is 19.7 Å². The van der Waals surface area contributed by atoms with E-state index < -0.39 is 0 Å². The summed E-state index contributed by atoms with van der Waals surface area (Å²) in [6.07, 6.45) is 6.32. The lowest BCUT2D eigenvalue weighted by molar-refractivity contribution is 0.106. The Balaban J connectivity index is 0.00000400. The zero-order valence-corrected chi connectivity index (χ0v) is 16.5. The van der Waals surface area contributed by atoms with Crippen molar-refractivity contribution in [2.45, 2.75) is 71.9 Å². The molecule has 0 aromatic rings. The lowest BCUT2D eigenvalue weighted by Crippen LogP contribution is -2.42. The average Bonchev–Trinajstić information content (AvgIpc) is 2.89. The van der Waals surface area contributed by atoms with Crippen LogP contribution in [-0.2, 0) is 4.74 Å². The molecule has 0 spiro atoms. The van der Waals surface area contributed by atoms with E-state index in [1.54, 1.807) is 0 Å². The summed E-state index contributed by atoms with van der Waals surface area (Å²) in [5.74, 6) is 1.71. The minimum Gasteiger partial charge on any atom is -0.378 e. The van der Waals surface area contributed by atoms with Crippen LogP contribution in [0.25, 0.3) is 0 Å². The number of hydrogen-bond acceptors (Lipinski definition) is 2. The first-order valence-corrected chi connectivity index (χ1v) is 8.28. The summed E-state index contributed by atoms with van der Waals surface area (Å²) in [4.78, 5) is 4.66. The summed E-state index contributed by atoms with van der Waals surface area (Å²) in [6.45, 7) is 11.6. The molecule has 1 heterocycles. The van der Waals surface area contributed by atoms with Crippen molar-refractivity contribution in [3.8, 4) is 0 Å². The summed E-state index contributed by atoms with van der Waals surface area (Å²) in [6, 6.07) is 0.470. The lowest BCUT2D eigenvalue weighted by atomic mass is 10.0. The van der Waals surface area contributed by atoms with E-state index in [1.807, 2.05) is 0 Å². The number of halogens is 1. The lowest BCUT2D eigenvalue weighted by Gasteiger charge is -2.18. The highest BCUT2D eigenvalue weighted by atomic mass is 127. The Morgan fingerprint density at radius 1 is 1.29 bits per heavy atom. The van der Waals surface area contributed by atoms with Gasteiger partial charge in [0.15, 0.2) is 5.96 Å². The molecule has 0 aromatic carbocycles. The molecule has 126 valence electrons. The summed E-state index contributed by atoms with van der Waals surface area (Å²) in [5.41, 5.74) is 0. The van der Waals surface area contributed by atoms with Crippen molar-refractivity contribution < 1.29 is 4.74 Å². The van der Waals surface area contributed by atoms with Crippen LogP contribution in [-0.4, -0.2) is 37.8 Å². The number of hydrogen-bond donors (Lipinski definition) is 2. The number of ether oxygens (including phenoxy) is 1. The van der Waals surface area contributed by atoms with Crippen molar-refractivity contribution in [1.29, 1.82) is 0 Å². The standard InChI is InChI=1S/C16H33N3O.HI/c1-5-17-16(19-14(4)9-8-13(2)3)18-11-10-15-7-6-12-20-15;/h13-15H,5-12H2,1-4H3,(H2,17,18,19);1H. The summed E-state index contributed by atoms with van der Waals surface area (Å²) < 4.78 is 5.63. The highest BCUT2D eigenvalue weighted by molar-refractivity contribution is 14.0. The van der Waals surface area contributed by atoms with E-state index in [2.05, 4.69) is 43.3 Å². The van der Waals surface area contributed by atoms with Gasteiger partial charge in [0, 0.05) is 25.7 Å². The quantitative estimate of drug-likeness (QED) is 0.365. The maximum atomic E-state index is 5.63. The molecule has 5 heteroatoms. The number of guanidine groups is 1. The Morgan fingerprint density at radius 2 is 2.05 bits per heavy atom. The van der Waals surface area contributed by atoms with E-state index in [0.29, 0.717) is 12.1 Å². The molecule has 0 saturated carbocycles. The van der Waals surface area contributed by atoms with Gasteiger partial charge in [0.05, 0.1) is 6.10 Å². The Hall–Kier alpha value is -0.0400. The fourth-order valence-corrected chi connectivity index (χ4v) is 2.40. The number of rotatable bonds is 8. The second-order valence-electron chi connectivity index (χ2n) is 6.20. The van der Waals surface area contributed by atoms with E-state index in [4.69, 9.17) is 4.74 Å². The van der Waals surface area contributed by atoms with Gasteiger partial charge in [-0.05, 0) is 51.9 Å². The third-order valence-corrected chi connectivity index (χ3v) is 3.65. The molecule has 1 rings (SSSR count). The highest BCUT2D eigenvalue weighted by Crippen LogP contribution is 2.14. The van der Waals surface area contributed by atoms with Crippen molar-refractivity contribution in [3.63, 3.8) is 0 Å². The highest BCUT2D eigenvalue weighted by Gasteiger charge is 2.14. The number of nitrogens with one attached hydrogen (secondary N) is 2. The van der Waals surface area contributed by atoms with E-state index in [0.717, 1.165) is 38.0 Å². The van der Waals surface area contributed by atoms with Crippen molar-refractivity contribution in [1.82, 2.24) is 10.6 Å². The van der Waals surface area contributed by atoms with Gasteiger partial charge in [-0.15, -0.1) is 24.0 Å². The zero-order valence-electron chi connectivity index (χ0n) is 14.2. The van der Waals surface area contributed by atoms with Gasteiger partial charge >= 0.3 is 0 Å². The predicted octanol–water partition coefficient (Wildman–Crippen LogP) is 3.55. The van der Waals surface area contributed by atoms with Gasteiger partial charge in [-0.1, -0.05) is 13.8 Å². The van der Waals surface area contributed by atoms with E-state index >= 15 is 0 Å². The summed E-state index contributed by atoms with van der Waals surface area (Å²) in [7, 11) is 0. The second-order valence-corrected chi connectivity index (χ2v) is 6.20. The Morgan fingerprint density at radius 3 is 2.62 bits per heavy atom. The first kappa shape index (κ1) is 21.0. The van der Waals surface area contributed by atoms with Gasteiger partial charge < -0.3 is 15.4 Å². The average molecular weight is 411 g/mol. The minimum atomic E-state index is 0. The molecule has 0 amide bonds. The zero-order chi connectivity index (χ0) is 14.8. The molecule has 2 unspecified atom stereocenters. The molecule has 1 aliphatic rings. The number of aliphatic imine (C=N–C) groups is 1. The van der Waals surface area contributed by atoms with Gasteiger partial charge in [0.25, 0.3) is 0 Å². The maximum Gasteiger partial charge on any atom is 0.191 e. The van der Waals surface area contributed by atoms with Crippen LogP contribution < -0.4 is 10.6 Å². The fraction of sp³-hybridized carbons (Fsp3) is 0.938. The minimum absolute atomic E-state index is 0. The number of nitrogens with zero attached hydrogens (tertiary/aromatic N) is 1. The van der Waals surface area contributed by atoms with Crippen molar-refractivity contribution in [2.24, 2.45) is 10.9 Å². The van der Waals surface area contributed by atoms with E-state index in [-0.39, 0.29) is 24.0 Å². The smallest absolute Gasteiger partial charge is 0.191 e. The van der Waals surface area contributed by atoms with Crippen LogP contribution in [0.15, 0.2) is 4.99 Å². The van der Waals surface area contributed by atoms with Gasteiger partial charge in [-0.2, -0.15) is 0 Å². The van der Waals surface area contributed by atoms with Crippen LogP contribution in [0.5, 0.6) is 0 Å². The van der Waals surface area contributed by atoms with Gasteiger partial charge in [0.1, 0.15) is 0 Å². The second kappa shape index (κ2) is 12.5. The van der Waals surface area contributed by atoms with Crippen LogP contribution in [0.3, 0.4) is 0 Å². The van der Waals surface area contributed by atoms with E-state index in [9.17, 15) is 0 Å². The van der Waals surface area contributed by atoms with Crippen LogP contribution in [0, 0.1) is 5.92 Å². The molecule has 21 heavy (non-hydrogen) atoms. The largest absolute Gasteiger partial charge is 0.378 e. The molecular formula is C16H34IN3O. The third-order valence-electron chi connectivity index (χ3n) is 3.65. The van der Waals surface area contributed by atoms with Crippen LogP contribution in [0.1, 0.15) is 59.8 Å². The summed E-state index contributed by atoms with van der Waals surface area (Å²) in [5, 5.41) is 6.82. The topological polar surface area (TPSA) is 45.7 Å². The predicted molar refractivity (Wildman–Crippen MR) is 102 cm³/mol. The van der Waals surface area contributed by atoms with Crippen LogP contribution in [0.4, 0.5) is 0 Å². The molecule has 0 aromatic heterocycles. The monoisotopic (exact) mass is 411 g/mol. The molecular weight excluding hydrogens is 377 g/mol. The van der Waals surface area contributed by atoms with Crippen LogP contribution >= 0.6 is 24.0 Å². The normalized spacial score (nSPS) is 20.2. The first-order valence-electron chi connectivity index (χ1n) is 8.28. The van der Waals surface area contributed by atoms with E-state index in [1.165, 1.54) is 25.7 Å². The van der Waals surface area contributed by atoms with Crippen molar-refractivity contribution in [3.05, 3.63) is 0 Å². The van der Waals surface area contributed by atoms with Crippen LogP contribution in [0.2, 0.25) is 0 Å². The van der Waals surface area contributed by atoms with Gasteiger partial charge in [-0.25, -0.2) is 0 Å². The summed E-state index contributed by atoms with van der Waals surface area (Å²) >= 11 is 0. The molecule has 2 atom stereocenters. The molecule has 1 fully saturated rings.